The number of carbonyl (C=O) groups is 1. The molecule has 0 aliphatic carbocycles. The van der Waals surface area contributed by atoms with Crippen LogP contribution in [0.5, 0.6) is 0 Å². The molecule has 2 aliphatic rings. The van der Waals surface area contributed by atoms with E-state index in [9.17, 15) is 9.18 Å². The van der Waals surface area contributed by atoms with Gasteiger partial charge in [0.25, 0.3) is 5.91 Å². The van der Waals surface area contributed by atoms with E-state index < -0.39 is 0 Å². The van der Waals surface area contributed by atoms with Gasteiger partial charge in [0, 0.05) is 36.6 Å². The zero-order valence-corrected chi connectivity index (χ0v) is 19.0. The highest BCUT2D eigenvalue weighted by atomic mass is 19.1. The molecule has 5 rings (SSSR count). The standard InChI is InChI=1S/C26H31FN4O2/c1-2-3-12-31-24-7-5-4-6-23(24)25(29-31)26(32)28-20-13-21-16-33-17-22(14-20)30(21)15-18-8-10-19(27)11-9-18/h4-11,20-22H,2-3,12-17H2,1H3,(H,28,32)/t20-,21-,22+. The predicted molar refractivity (Wildman–Crippen MR) is 125 cm³/mol. The van der Waals surface area contributed by atoms with Crippen molar-refractivity contribution >= 4 is 16.8 Å². The molecule has 33 heavy (non-hydrogen) atoms. The molecule has 2 aromatic carbocycles. The monoisotopic (exact) mass is 450 g/mol. The number of aryl methyl sites for hydroxylation is 1. The van der Waals surface area contributed by atoms with Crippen molar-refractivity contribution in [3.63, 3.8) is 0 Å². The average molecular weight is 451 g/mol. The van der Waals surface area contributed by atoms with E-state index in [1.807, 2.05) is 41.1 Å². The number of carbonyl (C=O) groups excluding carboxylic acids is 1. The molecule has 1 aromatic heterocycles. The SMILES string of the molecule is CCCCn1nc(C(=O)N[C@H]2C[C@H]3COC[C@@H](C2)N3Cc2ccc(F)cc2)c2ccccc21. The number of fused-ring (bicyclic) bond motifs is 3. The molecule has 0 saturated carbocycles. The summed E-state index contributed by atoms with van der Waals surface area (Å²) in [6, 6.07) is 15.2. The van der Waals surface area contributed by atoms with E-state index in [0.717, 1.165) is 55.2 Å². The molecule has 1 amide bonds. The Morgan fingerprint density at radius 1 is 1.12 bits per heavy atom. The Kier molecular flexibility index (Phi) is 6.42. The third-order valence-electron chi connectivity index (χ3n) is 6.88. The molecule has 2 bridgehead atoms. The van der Waals surface area contributed by atoms with Crippen molar-refractivity contribution in [1.82, 2.24) is 20.0 Å². The lowest BCUT2D eigenvalue weighted by molar-refractivity contribution is -0.0843. The Morgan fingerprint density at radius 2 is 1.85 bits per heavy atom. The summed E-state index contributed by atoms with van der Waals surface area (Å²) in [5, 5.41) is 8.86. The van der Waals surface area contributed by atoms with Crippen molar-refractivity contribution < 1.29 is 13.9 Å². The zero-order chi connectivity index (χ0) is 22.8. The fourth-order valence-electron chi connectivity index (χ4n) is 5.19. The fourth-order valence-corrected chi connectivity index (χ4v) is 5.19. The third-order valence-corrected chi connectivity index (χ3v) is 6.88. The van der Waals surface area contributed by atoms with Gasteiger partial charge in [0.2, 0.25) is 0 Å². The van der Waals surface area contributed by atoms with Gasteiger partial charge in [-0.3, -0.25) is 14.4 Å². The van der Waals surface area contributed by atoms with Crippen LogP contribution in [-0.2, 0) is 17.8 Å². The van der Waals surface area contributed by atoms with E-state index in [1.54, 1.807) is 0 Å². The topological polar surface area (TPSA) is 59.4 Å². The second kappa shape index (κ2) is 9.61. The Bertz CT molecular complexity index is 1100. The zero-order valence-electron chi connectivity index (χ0n) is 19.0. The van der Waals surface area contributed by atoms with E-state index in [-0.39, 0.29) is 29.8 Å². The molecule has 0 spiro atoms. The molecule has 6 nitrogen and oxygen atoms in total. The number of amides is 1. The van der Waals surface area contributed by atoms with Gasteiger partial charge in [0.15, 0.2) is 5.69 Å². The molecule has 3 heterocycles. The number of hydrogen-bond donors (Lipinski definition) is 1. The first kappa shape index (κ1) is 22.0. The number of para-hydroxylation sites is 1. The van der Waals surface area contributed by atoms with E-state index in [2.05, 4.69) is 22.2 Å². The Hall–Kier alpha value is -2.77. The first-order valence-corrected chi connectivity index (χ1v) is 12.0. The van der Waals surface area contributed by atoms with Gasteiger partial charge in [-0.2, -0.15) is 5.10 Å². The number of aromatic nitrogens is 2. The normalized spacial score (nSPS) is 23.0. The highest BCUT2D eigenvalue weighted by Crippen LogP contribution is 2.30. The Balaban J connectivity index is 1.29. The van der Waals surface area contributed by atoms with Crippen molar-refractivity contribution in [2.24, 2.45) is 0 Å². The molecule has 2 aliphatic heterocycles. The van der Waals surface area contributed by atoms with Gasteiger partial charge in [-0.1, -0.05) is 43.7 Å². The highest BCUT2D eigenvalue weighted by Gasteiger charge is 2.39. The number of benzene rings is 2. The van der Waals surface area contributed by atoms with Crippen molar-refractivity contribution in [3.8, 4) is 0 Å². The average Bonchev–Trinajstić information content (AvgIpc) is 3.18. The summed E-state index contributed by atoms with van der Waals surface area (Å²) in [6.07, 6.45) is 3.77. The predicted octanol–water partition coefficient (Wildman–Crippen LogP) is 4.14. The maximum absolute atomic E-state index is 13.3. The van der Waals surface area contributed by atoms with E-state index in [4.69, 9.17) is 4.74 Å². The molecule has 2 fully saturated rings. The largest absolute Gasteiger partial charge is 0.378 e. The number of unbranched alkanes of at least 4 members (excludes halogenated alkanes) is 1. The van der Waals surface area contributed by atoms with Crippen LogP contribution in [0.1, 0.15) is 48.7 Å². The summed E-state index contributed by atoms with van der Waals surface area (Å²) >= 11 is 0. The first-order valence-electron chi connectivity index (χ1n) is 12.0. The number of rotatable bonds is 7. The van der Waals surface area contributed by atoms with E-state index >= 15 is 0 Å². The van der Waals surface area contributed by atoms with Crippen molar-refractivity contribution in [3.05, 3.63) is 65.6 Å². The minimum atomic E-state index is -0.214. The van der Waals surface area contributed by atoms with Crippen LogP contribution in [0.3, 0.4) is 0 Å². The number of nitrogens with zero attached hydrogens (tertiary/aromatic N) is 3. The van der Waals surface area contributed by atoms with Crippen LogP contribution in [0, 0.1) is 5.82 Å². The molecule has 0 unspecified atom stereocenters. The Morgan fingerprint density at radius 3 is 2.58 bits per heavy atom. The summed E-state index contributed by atoms with van der Waals surface area (Å²) in [5.41, 5.74) is 2.62. The molecular weight excluding hydrogens is 419 g/mol. The lowest BCUT2D eigenvalue weighted by Gasteiger charge is -2.48. The third kappa shape index (κ3) is 4.66. The minimum absolute atomic E-state index is 0.0837. The van der Waals surface area contributed by atoms with E-state index in [1.165, 1.54) is 12.1 Å². The molecule has 1 N–H and O–H groups in total. The molecule has 174 valence electrons. The Labute approximate surface area is 193 Å². The molecule has 3 aromatic rings. The molecule has 3 atom stereocenters. The first-order chi connectivity index (χ1) is 16.1. The van der Waals surface area contributed by atoms with E-state index in [0.29, 0.717) is 18.9 Å². The number of hydrogen-bond acceptors (Lipinski definition) is 4. The minimum Gasteiger partial charge on any atom is -0.378 e. The maximum atomic E-state index is 13.3. The van der Waals surface area contributed by atoms with Gasteiger partial charge in [-0.15, -0.1) is 0 Å². The second-order valence-corrected chi connectivity index (χ2v) is 9.23. The summed E-state index contributed by atoms with van der Waals surface area (Å²) in [7, 11) is 0. The van der Waals surface area contributed by atoms with Gasteiger partial charge in [0.05, 0.1) is 18.7 Å². The van der Waals surface area contributed by atoms with Crippen LogP contribution >= 0.6 is 0 Å². The summed E-state index contributed by atoms with van der Waals surface area (Å²) in [6.45, 7) is 5.04. The van der Waals surface area contributed by atoms with Crippen LogP contribution in [0.2, 0.25) is 0 Å². The van der Waals surface area contributed by atoms with Crippen LogP contribution in [-0.4, -0.2) is 51.9 Å². The van der Waals surface area contributed by atoms with Crippen molar-refractivity contribution in [2.75, 3.05) is 13.2 Å². The second-order valence-electron chi connectivity index (χ2n) is 9.23. The summed E-state index contributed by atoms with van der Waals surface area (Å²) in [5.74, 6) is -0.314. The lowest BCUT2D eigenvalue weighted by atomic mass is 9.89. The van der Waals surface area contributed by atoms with Crippen LogP contribution in [0.25, 0.3) is 10.9 Å². The quantitative estimate of drug-likeness (QED) is 0.588. The molecule has 0 radical (unpaired) electrons. The number of morpholine rings is 1. The fraction of sp³-hybridized carbons (Fsp3) is 0.462. The smallest absolute Gasteiger partial charge is 0.272 e. The number of halogens is 1. The molecule has 2 saturated heterocycles. The van der Waals surface area contributed by atoms with Gasteiger partial charge < -0.3 is 10.1 Å². The highest BCUT2D eigenvalue weighted by molar-refractivity contribution is 6.05. The van der Waals surface area contributed by atoms with Crippen LogP contribution in [0.4, 0.5) is 4.39 Å². The maximum Gasteiger partial charge on any atom is 0.272 e. The van der Waals surface area contributed by atoms with Gasteiger partial charge in [-0.25, -0.2) is 4.39 Å². The lowest BCUT2D eigenvalue weighted by Crippen LogP contribution is -2.60. The van der Waals surface area contributed by atoms with Gasteiger partial charge in [-0.05, 0) is 43.0 Å². The number of ether oxygens (including phenoxy) is 1. The van der Waals surface area contributed by atoms with Gasteiger partial charge >= 0.3 is 0 Å². The van der Waals surface area contributed by atoms with Crippen LogP contribution < -0.4 is 5.32 Å². The molecular formula is C26H31FN4O2. The summed E-state index contributed by atoms with van der Waals surface area (Å²) in [4.78, 5) is 15.7. The van der Waals surface area contributed by atoms with Crippen molar-refractivity contribution in [2.45, 2.75) is 63.8 Å². The number of nitrogens with one attached hydrogen (secondary N) is 1. The van der Waals surface area contributed by atoms with Crippen LogP contribution in [0.15, 0.2) is 48.5 Å². The molecule has 7 heteroatoms. The van der Waals surface area contributed by atoms with Gasteiger partial charge in [0.1, 0.15) is 5.82 Å². The number of piperidine rings is 1. The van der Waals surface area contributed by atoms with Crippen molar-refractivity contribution in [1.29, 1.82) is 0 Å². The summed E-state index contributed by atoms with van der Waals surface area (Å²) < 4.78 is 21.1.